The maximum absolute atomic E-state index is 13.0. The molecule has 1 heterocycles. The number of hydrogen-bond donors (Lipinski definition) is 1. The molecule has 1 aromatic carbocycles. The summed E-state index contributed by atoms with van der Waals surface area (Å²) >= 11 is 7.94. The van der Waals surface area contributed by atoms with Crippen LogP contribution in [-0.2, 0) is 9.53 Å². The number of nitrogens with zero attached hydrogens (tertiary/aromatic N) is 2. The van der Waals surface area contributed by atoms with Gasteiger partial charge in [-0.1, -0.05) is 23.1 Å². The average Bonchev–Trinajstić information content (AvgIpc) is 2.88. The molecule has 0 aliphatic rings. The number of carbonyl (C=O) groups excluding carboxylic acids is 1. The molecule has 0 unspecified atom stereocenters. The smallest absolute Gasteiger partial charge is 0.233 e. The van der Waals surface area contributed by atoms with Crippen molar-refractivity contribution in [3.05, 3.63) is 34.0 Å². The number of thioether (sulfide) groups is 1. The number of halogens is 1. The third-order valence-electron chi connectivity index (χ3n) is 2.85. The first kappa shape index (κ1) is 18.1. The van der Waals surface area contributed by atoms with Gasteiger partial charge in [0.1, 0.15) is 5.82 Å². The van der Waals surface area contributed by atoms with Gasteiger partial charge in [-0.3, -0.25) is 4.79 Å². The number of carbonyl (C=O) groups is 1. The van der Waals surface area contributed by atoms with Gasteiger partial charge in [-0.25, -0.2) is 9.07 Å². The van der Waals surface area contributed by atoms with Crippen LogP contribution in [0.3, 0.4) is 0 Å². The first-order valence-electron chi connectivity index (χ1n) is 6.80. The second-order valence-electron chi connectivity index (χ2n) is 4.57. The first-order valence-corrected chi connectivity index (χ1v) is 8.91. The van der Waals surface area contributed by atoms with Gasteiger partial charge in [0.25, 0.3) is 0 Å². The Morgan fingerprint density at radius 1 is 1.52 bits per heavy atom. The van der Waals surface area contributed by atoms with Crippen molar-refractivity contribution in [2.45, 2.75) is 16.5 Å². The summed E-state index contributed by atoms with van der Waals surface area (Å²) in [7, 11) is 1.58. The number of nitrogens with one attached hydrogen (secondary N) is 1. The van der Waals surface area contributed by atoms with Crippen LogP contribution in [0.25, 0.3) is 5.69 Å². The molecule has 23 heavy (non-hydrogen) atoms. The summed E-state index contributed by atoms with van der Waals surface area (Å²) in [5, 5.41) is 6.88. The minimum atomic E-state index is -0.313. The predicted octanol–water partition coefficient (Wildman–Crippen LogP) is 3.05. The quantitative estimate of drug-likeness (QED) is 0.459. The molecule has 2 rings (SSSR count). The highest BCUT2D eigenvalue weighted by Crippen LogP contribution is 2.27. The monoisotopic (exact) mass is 373 g/mol. The normalized spacial score (nSPS) is 12.1. The summed E-state index contributed by atoms with van der Waals surface area (Å²) in [6.45, 7) is 2.75. The first-order chi connectivity index (χ1) is 11.0. The molecule has 9 heteroatoms. The molecule has 0 aliphatic heterocycles. The minimum absolute atomic E-state index is 0.0819. The Labute approximate surface area is 146 Å². The maximum atomic E-state index is 13.0. The molecule has 5 nitrogen and oxygen atoms in total. The van der Waals surface area contributed by atoms with E-state index >= 15 is 0 Å². The molecule has 1 amide bonds. The molecule has 0 fully saturated rings. The van der Waals surface area contributed by atoms with Crippen LogP contribution in [0.4, 0.5) is 4.39 Å². The predicted molar refractivity (Wildman–Crippen MR) is 92.4 cm³/mol. The summed E-state index contributed by atoms with van der Waals surface area (Å²) in [5.74, 6) is -0.395. The van der Waals surface area contributed by atoms with Crippen molar-refractivity contribution in [2.24, 2.45) is 0 Å². The summed E-state index contributed by atoms with van der Waals surface area (Å²) in [4.78, 5) is 11.9. The number of aromatic nitrogens is 2. The van der Waals surface area contributed by atoms with Gasteiger partial charge in [-0.15, -0.1) is 5.10 Å². The third kappa shape index (κ3) is 5.10. The van der Waals surface area contributed by atoms with E-state index in [0.29, 0.717) is 27.1 Å². The van der Waals surface area contributed by atoms with Crippen LogP contribution in [-0.4, -0.2) is 41.2 Å². The number of hydrogen-bond acceptors (Lipinski definition) is 6. The average molecular weight is 374 g/mol. The van der Waals surface area contributed by atoms with Crippen molar-refractivity contribution in [3.63, 3.8) is 0 Å². The lowest BCUT2D eigenvalue weighted by Crippen LogP contribution is -2.33. The summed E-state index contributed by atoms with van der Waals surface area (Å²) in [6, 6.07) is 5.94. The SMILES string of the molecule is COCCNC(=O)[C@@H](C)Sc1nn(-c2ccc(F)cc2)c(=S)s1. The van der Waals surface area contributed by atoms with Crippen LogP contribution >= 0.6 is 35.3 Å². The number of rotatable bonds is 7. The highest BCUT2D eigenvalue weighted by atomic mass is 32.2. The molecule has 0 aliphatic carbocycles. The van der Waals surface area contributed by atoms with Crippen molar-refractivity contribution in [2.75, 3.05) is 20.3 Å². The van der Waals surface area contributed by atoms with E-state index in [1.165, 1.54) is 35.2 Å². The topological polar surface area (TPSA) is 56.1 Å². The summed E-state index contributed by atoms with van der Waals surface area (Å²) in [6.07, 6.45) is 0. The Morgan fingerprint density at radius 3 is 2.87 bits per heavy atom. The van der Waals surface area contributed by atoms with Gasteiger partial charge in [0.05, 0.1) is 17.5 Å². The Balaban J connectivity index is 2.04. The van der Waals surface area contributed by atoms with Crippen molar-refractivity contribution in [3.8, 4) is 5.69 Å². The zero-order valence-electron chi connectivity index (χ0n) is 12.6. The van der Waals surface area contributed by atoms with E-state index in [2.05, 4.69) is 10.4 Å². The van der Waals surface area contributed by atoms with Crippen molar-refractivity contribution in [1.82, 2.24) is 15.1 Å². The number of ether oxygens (including phenoxy) is 1. The van der Waals surface area contributed by atoms with Crippen LogP contribution in [0.15, 0.2) is 28.6 Å². The highest BCUT2D eigenvalue weighted by Gasteiger charge is 2.17. The lowest BCUT2D eigenvalue weighted by molar-refractivity contribution is -0.120. The van der Waals surface area contributed by atoms with E-state index in [-0.39, 0.29) is 17.0 Å². The molecule has 2 aromatic rings. The Bertz CT molecular complexity index is 715. The summed E-state index contributed by atoms with van der Waals surface area (Å²) in [5.41, 5.74) is 0.691. The van der Waals surface area contributed by atoms with E-state index in [4.69, 9.17) is 17.0 Å². The Hall–Kier alpha value is -1.29. The minimum Gasteiger partial charge on any atom is -0.383 e. The van der Waals surface area contributed by atoms with Gasteiger partial charge in [-0.2, -0.15) is 0 Å². The molecule has 0 radical (unpaired) electrons. The second-order valence-corrected chi connectivity index (χ2v) is 7.78. The van der Waals surface area contributed by atoms with E-state index in [1.54, 1.807) is 30.8 Å². The fourth-order valence-corrected chi connectivity index (χ4v) is 4.21. The standard InChI is InChI=1S/C14H16FN3O2S3/c1-9(12(19)16-7-8-20-2)22-13-17-18(14(21)23-13)11-5-3-10(15)4-6-11/h3-6,9H,7-8H2,1-2H3,(H,16,19)/t9-/m1/s1. The van der Waals surface area contributed by atoms with E-state index in [1.807, 2.05) is 0 Å². The van der Waals surface area contributed by atoms with Crippen molar-refractivity contribution in [1.29, 1.82) is 0 Å². The van der Waals surface area contributed by atoms with E-state index in [0.717, 1.165) is 0 Å². The van der Waals surface area contributed by atoms with E-state index in [9.17, 15) is 9.18 Å². The van der Waals surface area contributed by atoms with Gasteiger partial charge in [-0.05, 0) is 43.4 Å². The van der Waals surface area contributed by atoms with Crippen LogP contribution in [0.1, 0.15) is 6.92 Å². The van der Waals surface area contributed by atoms with Gasteiger partial charge < -0.3 is 10.1 Å². The molecule has 0 saturated heterocycles. The summed E-state index contributed by atoms with van der Waals surface area (Å²) < 4.78 is 20.7. The molecule has 0 saturated carbocycles. The molecular weight excluding hydrogens is 357 g/mol. The largest absolute Gasteiger partial charge is 0.383 e. The molecular formula is C14H16FN3O2S3. The van der Waals surface area contributed by atoms with Gasteiger partial charge in [0.15, 0.2) is 8.29 Å². The molecule has 1 atom stereocenters. The maximum Gasteiger partial charge on any atom is 0.233 e. The zero-order chi connectivity index (χ0) is 16.8. The van der Waals surface area contributed by atoms with Gasteiger partial charge >= 0.3 is 0 Å². The molecule has 124 valence electrons. The van der Waals surface area contributed by atoms with Crippen LogP contribution in [0, 0.1) is 9.77 Å². The van der Waals surface area contributed by atoms with Gasteiger partial charge in [0.2, 0.25) is 5.91 Å². The van der Waals surface area contributed by atoms with Gasteiger partial charge in [0, 0.05) is 13.7 Å². The fourth-order valence-electron chi connectivity index (χ4n) is 1.68. The molecule has 1 N–H and O–H groups in total. The zero-order valence-corrected chi connectivity index (χ0v) is 15.1. The Kier molecular flexibility index (Phi) is 6.70. The second kappa shape index (κ2) is 8.53. The molecule has 1 aromatic heterocycles. The number of benzene rings is 1. The lowest BCUT2D eigenvalue weighted by atomic mass is 10.3. The van der Waals surface area contributed by atoms with Crippen molar-refractivity contribution >= 4 is 41.2 Å². The molecule has 0 spiro atoms. The lowest BCUT2D eigenvalue weighted by Gasteiger charge is -2.09. The van der Waals surface area contributed by atoms with Crippen LogP contribution < -0.4 is 5.32 Å². The van der Waals surface area contributed by atoms with Crippen LogP contribution in [0.2, 0.25) is 0 Å². The highest BCUT2D eigenvalue weighted by molar-refractivity contribution is 8.02. The Morgan fingerprint density at radius 2 is 2.22 bits per heavy atom. The van der Waals surface area contributed by atoms with E-state index < -0.39 is 0 Å². The number of methoxy groups -OCH3 is 1. The number of amides is 1. The van der Waals surface area contributed by atoms with Crippen molar-refractivity contribution < 1.29 is 13.9 Å². The fraction of sp³-hybridized carbons (Fsp3) is 0.357. The third-order valence-corrected chi connectivity index (χ3v) is 5.27. The molecule has 0 bridgehead atoms. The van der Waals surface area contributed by atoms with Crippen LogP contribution in [0.5, 0.6) is 0 Å².